The Morgan fingerprint density at radius 2 is 0.988 bits per heavy atom. The van der Waals surface area contributed by atoms with Gasteiger partial charge in [-0.1, -0.05) is 140 Å². The molecule has 1 saturated carbocycles. The molecule has 0 bridgehead atoms. The van der Waals surface area contributed by atoms with Crippen LogP contribution in [-0.4, -0.2) is 33.5 Å². The molecule has 3 N–H and O–H groups in total. The van der Waals surface area contributed by atoms with E-state index in [4.69, 9.17) is 4.42 Å². The maximum absolute atomic E-state index is 15.4. The SMILES string of the molecule is Cc1ccc2c(C(CC(F)(F)F)c3cc(-c4c(C)ccc5c(C(CC(F)(F)F)c6cc(-c7c(C)ccc8c(C(CC9CC9)CC(F)(F)F)c(-c9ccccc9)[nH]c78)cs6)c(-c6ccccc6)[nH]c45)co3)c(-c3ccccc3)[nH]c2c1. The Morgan fingerprint density at radius 3 is 1.54 bits per heavy atom. The van der Waals surface area contributed by atoms with E-state index in [1.54, 1.807) is 30.3 Å². The van der Waals surface area contributed by atoms with Crippen molar-refractivity contribution in [1.29, 1.82) is 0 Å². The summed E-state index contributed by atoms with van der Waals surface area (Å²) in [5.41, 5.74) is 11.6. The molecule has 3 unspecified atom stereocenters. The molecule has 14 heteroatoms. The molecule has 12 rings (SSSR count). The summed E-state index contributed by atoms with van der Waals surface area (Å²) >= 11 is 1.19. The number of hydrogen-bond acceptors (Lipinski definition) is 2. The van der Waals surface area contributed by atoms with Gasteiger partial charge in [0.05, 0.1) is 53.9 Å². The van der Waals surface area contributed by atoms with Crippen molar-refractivity contribution in [2.45, 2.75) is 95.6 Å². The number of rotatable bonds is 15. The molecule has 5 aromatic heterocycles. The highest BCUT2D eigenvalue weighted by Gasteiger charge is 2.41. The van der Waals surface area contributed by atoms with Gasteiger partial charge in [0, 0.05) is 54.9 Å². The Balaban J connectivity index is 1.01. The zero-order chi connectivity index (χ0) is 55.8. The number of hydrogen-bond donors (Lipinski definition) is 3. The Labute approximate surface area is 459 Å². The molecule has 11 aromatic rings. The summed E-state index contributed by atoms with van der Waals surface area (Å²) in [4.78, 5) is 11.0. The van der Waals surface area contributed by atoms with Crippen molar-refractivity contribution < 1.29 is 43.9 Å². The van der Waals surface area contributed by atoms with Crippen molar-refractivity contribution in [2.75, 3.05) is 0 Å². The summed E-state index contributed by atoms with van der Waals surface area (Å²) in [6, 6.07) is 43.9. The van der Waals surface area contributed by atoms with Crippen LogP contribution in [0.15, 0.2) is 162 Å². The number of benzene rings is 6. The summed E-state index contributed by atoms with van der Waals surface area (Å²) in [7, 11) is 0. The normalized spacial score (nSPS) is 14.7. The van der Waals surface area contributed by atoms with Gasteiger partial charge >= 0.3 is 18.5 Å². The van der Waals surface area contributed by atoms with Crippen molar-refractivity contribution in [2.24, 2.45) is 5.92 Å². The van der Waals surface area contributed by atoms with E-state index in [9.17, 15) is 26.3 Å². The third-order valence-corrected chi connectivity index (χ3v) is 16.9. The number of H-pyrrole nitrogens is 3. The highest BCUT2D eigenvalue weighted by atomic mass is 32.1. The number of furan rings is 1. The van der Waals surface area contributed by atoms with Crippen LogP contribution < -0.4 is 0 Å². The van der Waals surface area contributed by atoms with E-state index in [1.807, 2.05) is 141 Å². The molecule has 4 nitrogen and oxygen atoms in total. The van der Waals surface area contributed by atoms with E-state index in [-0.39, 0.29) is 11.7 Å². The average molecular weight is 1110 g/mol. The van der Waals surface area contributed by atoms with Gasteiger partial charge in [-0.05, 0) is 118 Å². The van der Waals surface area contributed by atoms with Crippen LogP contribution in [0.2, 0.25) is 0 Å². The van der Waals surface area contributed by atoms with Crippen LogP contribution in [0.5, 0.6) is 0 Å². The molecule has 1 aliphatic carbocycles. The summed E-state index contributed by atoms with van der Waals surface area (Å²) in [6.45, 7) is 5.66. The molecule has 0 saturated heterocycles. The van der Waals surface area contributed by atoms with E-state index in [0.29, 0.717) is 117 Å². The number of halogens is 9. The first-order chi connectivity index (χ1) is 38.2. The lowest BCUT2D eigenvalue weighted by Gasteiger charge is -2.20. The Bertz CT molecular complexity index is 4040. The number of thiophene rings is 1. The summed E-state index contributed by atoms with van der Waals surface area (Å²) in [6.07, 6.45) is -13.6. The number of aromatic nitrogens is 3. The lowest BCUT2D eigenvalue weighted by Crippen LogP contribution is -2.15. The minimum Gasteiger partial charge on any atom is -0.468 e. The number of aryl methyl sites for hydroxylation is 3. The molecule has 5 heterocycles. The molecular weight excluding hydrogens is 1050 g/mol. The van der Waals surface area contributed by atoms with Crippen molar-refractivity contribution in [3.05, 3.63) is 201 Å². The predicted molar refractivity (Wildman–Crippen MR) is 302 cm³/mol. The van der Waals surface area contributed by atoms with Gasteiger partial charge < -0.3 is 19.4 Å². The van der Waals surface area contributed by atoms with Crippen LogP contribution in [0.25, 0.3) is 88.7 Å². The third kappa shape index (κ3) is 10.5. The van der Waals surface area contributed by atoms with Gasteiger partial charge in [-0.15, -0.1) is 11.3 Å². The van der Waals surface area contributed by atoms with Gasteiger partial charge in [0.15, 0.2) is 0 Å². The van der Waals surface area contributed by atoms with Gasteiger partial charge in [0.25, 0.3) is 0 Å². The van der Waals surface area contributed by atoms with Crippen LogP contribution >= 0.6 is 11.3 Å². The molecule has 0 aliphatic heterocycles. The topological polar surface area (TPSA) is 60.5 Å². The first-order valence-corrected chi connectivity index (χ1v) is 27.6. The van der Waals surface area contributed by atoms with E-state index in [2.05, 4.69) is 15.0 Å². The fourth-order valence-electron chi connectivity index (χ4n) is 12.3. The Morgan fingerprint density at radius 1 is 0.500 bits per heavy atom. The van der Waals surface area contributed by atoms with Crippen LogP contribution in [0.4, 0.5) is 39.5 Å². The number of alkyl halides is 9. The molecule has 0 amide bonds. The Kier molecular flexibility index (Phi) is 13.5. The van der Waals surface area contributed by atoms with Crippen LogP contribution in [0, 0.1) is 26.7 Å². The zero-order valence-corrected chi connectivity index (χ0v) is 44.6. The van der Waals surface area contributed by atoms with Crippen molar-refractivity contribution in [3.63, 3.8) is 0 Å². The highest BCUT2D eigenvalue weighted by Crippen LogP contribution is 2.53. The lowest BCUT2D eigenvalue weighted by molar-refractivity contribution is -0.139. The predicted octanol–water partition coefficient (Wildman–Crippen LogP) is 21.0. The molecular formula is C66H54F9N3OS. The van der Waals surface area contributed by atoms with Gasteiger partial charge in [0.1, 0.15) is 5.76 Å². The first kappa shape index (κ1) is 53.0. The van der Waals surface area contributed by atoms with E-state index in [1.165, 1.54) is 17.6 Å². The van der Waals surface area contributed by atoms with E-state index >= 15 is 13.2 Å². The second kappa shape index (κ2) is 20.4. The summed E-state index contributed by atoms with van der Waals surface area (Å²) < 4.78 is 141. The third-order valence-electron chi connectivity index (χ3n) is 15.9. The van der Waals surface area contributed by atoms with Gasteiger partial charge in [-0.2, -0.15) is 39.5 Å². The van der Waals surface area contributed by atoms with E-state index in [0.717, 1.165) is 29.5 Å². The van der Waals surface area contributed by atoms with Gasteiger partial charge in [-0.25, -0.2) is 0 Å². The lowest BCUT2D eigenvalue weighted by atomic mass is 9.85. The molecule has 1 aliphatic rings. The van der Waals surface area contributed by atoms with E-state index < -0.39 is 55.5 Å². The van der Waals surface area contributed by atoms with Crippen LogP contribution in [-0.2, 0) is 0 Å². The monoisotopic (exact) mass is 1110 g/mol. The quantitative estimate of drug-likeness (QED) is 0.0880. The Hall–Kier alpha value is -7.71. The molecule has 1 fully saturated rings. The second-order valence-electron chi connectivity index (χ2n) is 21.7. The summed E-state index contributed by atoms with van der Waals surface area (Å²) in [5, 5.41) is 3.59. The number of aromatic amines is 3. The maximum atomic E-state index is 15.4. The second-order valence-corrected chi connectivity index (χ2v) is 22.6. The van der Waals surface area contributed by atoms with Crippen LogP contribution in [0.1, 0.15) is 100 Å². The molecule has 0 radical (unpaired) electrons. The smallest absolute Gasteiger partial charge is 0.390 e. The van der Waals surface area contributed by atoms with Crippen molar-refractivity contribution >= 4 is 44.0 Å². The minimum atomic E-state index is -4.66. The van der Waals surface area contributed by atoms with Crippen molar-refractivity contribution in [3.8, 4) is 56.0 Å². The van der Waals surface area contributed by atoms with Gasteiger partial charge in [-0.3, -0.25) is 0 Å². The molecule has 0 spiro atoms. The molecule has 3 atom stereocenters. The molecule has 80 heavy (non-hydrogen) atoms. The summed E-state index contributed by atoms with van der Waals surface area (Å²) in [5.74, 6) is -3.12. The highest BCUT2D eigenvalue weighted by molar-refractivity contribution is 7.10. The minimum absolute atomic E-state index is 0.0673. The standard InChI is InChI=1S/C66H54F9N3OS/c1-36-19-24-46-51(27-36)76-60(41-15-9-5-10-16-41)57(46)49(32-65(70,71)72)52-29-44(34-79-52)54-37(2)21-26-48-58(61(78-63(48)54)42-17-11-6-12-18-42)50(33-66(73,74)75)53-30-45(35-80-53)55-38(3)20-25-47-56(43(28-39-22-23-39)31-64(67,68)69)59(77-62(47)55)40-13-7-4-8-14-40/h4-21,24-27,29-30,34-35,39,43,49-50,76-78H,22-23,28,31-33H2,1-3H3. The fraction of sp³-hybridized carbons (Fsp3) is 0.242. The largest absolute Gasteiger partial charge is 0.468 e. The fourth-order valence-corrected chi connectivity index (χ4v) is 13.3. The zero-order valence-electron chi connectivity index (χ0n) is 43.8. The number of nitrogens with one attached hydrogen (secondary N) is 3. The maximum Gasteiger partial charge on any atom is 0.390 e. The molecule has 6 aromatic carbocycles. The van der Waals surface area contributed by atoms with Crippen molar-refractivity contribution in [1.82, 2.24) is 15.0 Å². The number of fused-ring (bicyclic) bond motifs is 3. The molecule has 408 valence electrons. The average Bonchev–Trinajstić information content (AvgIpc) is 3.95. The van der Waals surface area contributed by atoms with Crippen LogP contribution in [0.3, 0.4) is 0 Å². The van der Waals surface area contributed by atoms with Gasteiger partial charge in [0.2, 0.25) is 0 Å². The first-order valence-electron chi connectivity index (χ1n) is 26.7.